The molecular formula is C15H18F3N. The summed E-state index contributed by atoms with van der Waals surface area (Å²) in [6.07, 6.45) is 0.304. The fourth-order valence-electron chi connectivity index (χ4n) is 3.43. The first-order valence-electron chi connectivity index (χ1n) is 6.91. The quantitative estimate of drug-likeness (QED) is 0.862. The minimum Gasteiger partial charge on any atom is -0.317 e. The van der Waals surface area contributed by atoms with E-state index in [1.807, 2.05) is 0 Å². The SMILES string of the molecule is FC(F)(F)c1ccc(C2(C3CCNCC3)CC2)cc1. The monoisotopic (exact) mass is 269 g/mol. The number of hydrogen-bond acceptors (Lipinski definition) is 1. The number of alkyl halides is 3. The summed E-state index contributed by atoms with van der Waals surface area (Å²) in [5, 5.41) is 3.35. The van der Waals surface area contributed by atoms with Crippen molar-refractivity contribution in [3.63, 3.8) is 0 Å². The van der Waals surface area contributed by atoms with E-state index in [2.05, 4.69) is 5.32 Å². The van der Waals surface area contributed by atoms with Gasteiger partial charge in [-0.2, -0.15) is 13.2 Å². The maximum absolute atomic E-state index is 12.6. The van der Waals surface area contributed by atoms with Gasteiger partial charge in [-0.3, -0.25) is 0 Å². The molecule has 1 saturated heterocycles. The first kappa shape index (κ1) is 13.0. The Kier molecular flexibility index (Phi) is 3.08. The van der Waals surface area contributed by atoms with Crippen molar-refractivity contribution in [2.45, 2.75) is 37.3 Å². The van der Waals surface area contributed by atoms with Crippen LogP contribution in [0.2, 0.25) is 0 Å². The Balaban J connectivity index is 1.82. The van der Waals surface area contributed by atoms with Gasteiger partial charge in [0.15, 0.2) is 0 Å². The summed E-state index contributed by atoms with van der Waals surface area (Å²) in [5.74, 6) is 0.630. The highest BCUT2D eigenvalue weighted by Gasteiger charge is 2.50. The number of piperidine rings is 1. The largest absolute Gasteiger partial charge is 0.416 e. The van der Waals surface area contributed by atoms with Crippen molar-refractivity contribution in [3.8, 4) is 0 Å². The van der Waals surface area contributed by atoms with E-state index in [-0.39, 0.29) is 5.41 Å². The zero-order valence-corrected chi connectivity index (χ0v) is 10.8. The molecule has 0 amide bonds. The van der Waals surface area contributed by atoms with Crippen molar-refractivity contribution in [1.29, 1.82) is 0 Å². The van der Waals surface area contributed by atoms with Gasteiger partial charge in [0.2, 0.25) is 0 Å². The molecule has 1 saturated carbocycles. The molecule has 0 radical (unpaired) electrons. The topological polar surface area (TPSA) is 12.0 Å². The van der Waals surface area contributed by atoms with Crippen LogP contribution in [0.25, 0.3) is 0 Å². The first-order valence-corrected chi connectivity index (χ1v) is 6.91. The highest BCUT2D eigenvalue weighted by atomic mass is 19.4. The van der Waals surface area contributed by atoms with Crippen LogP contribution in [0.15, 0.2) is 24.3 Å². The predicted octanol–water partition coefficient (Wildman–Crippen LogP) is 3.74. The van der Waals surface area contributed by atoms with E-state index < -0.39 is 11.7 Å². The third-order valence-electron chi connectivity index (χ3n) is 4.70. The second kappa shape index (κ2) is 4.51. The van der Waals surface area contributed by atoms with Crippen LogP contribution in [0.3, 0.4) is 0 Å². The molecule has 0 aromatic heterocycles. The Labute approximate surface area is 111 Å². The number of nitrogens with one attached hydrogen (secondary N) is 1. The van der Waals surface area contributed by atoms with Gasteiger partial charge in [-0.1, -0.05) is 12.1 Å². The first-order chi connectivity index (χ1) is 9.02. The molecule has 0 bridgehead atoms. The third kappa shape index (κ3) is 2.38. The molecule has 2 aliphatic rings. The lowest BCUT2D eigenvalue weighted by Gasteiger charge is -2.31. The van der Waals surface area contributed by atoms with E-state index in [1.54, 1.807) is 12.1 Å². The van der Waals surface area contributed by atoms with Gasteiger partial charge in [-0.05, 0) is 67.8 Å². The van der Waals surface area contributed by atoms with Crippen molar-refractivity contribution < 1.29 is 13.2 Å². The molecule has 1 aromatic rings. The number of rotatable bonds is 2. The van der Waals surface area contributed by atoms with Gasteiger partial charge >= 0.3 is 6.18 Å². The maximum atomic E-state index is 12.6. The van der Waals surface area contributed by atoms with Crippen molar-refractivity contribution in [1.82, 2.24) is 5.32 Å². The lowest BCUT2D eigenvalue weighted by molar-refractivity contribution is -0.137. The molecule has 1 aliphatic carbocycles. The zero-order chi connectivity index (χ0) is 13.5. The molecule has 2 fully saturated rings. The highest BCUT2D eigenvalue weighted by Crippen LogP contribution is 2.56. The molecule has 0 spiro atoms. The minimum absolute atomic E-state index is 0.173. The molecule has 1 N–H and O–H groups in total. The second-order valence-corrected chi connectivity index (χ2v) is 5.76. The average molecular weight is 269 g/mol. The van der Waals surface area contributed by atoms with E-state index >= 15 is 0 Å². The van der Waals surface area contributed by atoms with Crippen LogP contribution in [-0.4, -0.2) is 13.1 Å². The summed E-state index contributed by atoms with van der Waals surface area (Å²) >= 11 is 0. The Morgan fingerprint density at radius 3 is 2.05 bits per heavy atom. The molecule has 4 heteroatoms. The highest BCUT2D eigenvalue weighted by molar-refractivity contribution is 5.35. The Bertz CT molecular complexity index is 439. The normalized spacial score (nSPS) is 23.3. The summed E-state index contributed by atoms with van der Waals surface area (Å²) < 4.78 is 37.7. The van der Waals surface area contributed by atoms with Gasteiger partial charge in [-0.15, -0.1) is 0 Å². The summed E-state index contributed by atoms with van der Waals surface area (Å²) in [4.78, 5) is 0. The van der Waals surface area contributed by atoms with Crippen LogP contribution in [-0.2, 0) is 11.6 Å². The van der Waals surface area contributed by atoms with Gasteiger partial charge in [-0.25, -0.2) is 0 Å². The van der Waals surface area contributed by atoms with E-state index in [1.165, 1.54) is 12.1 Å². The van der Waals surface area contributed by atoms with Gasteiger partial charge in [0.1, 0.15) is 0 Å². The molecule has 19 heavy (non-hydrogen) atoms. The molecule has 104 valence electrons. The van der Waals surface area contributed by atoms with Gasteiger partial charge in [0, 0.05) is 0 Å². The van der Waals surface area contributed by atoms with Crippen molar-refractivity contribution in [3.05, 3.63) is 35.4 Å². The minimum atomic E-state index is -4.23. The summed E-state index contributed by atoms with van der Waals surface area (Å²) in [5.41, 5.74) is 0.733. The fraction of sp³-hybridized carbons (Fsp3) is 0.600. The Morgan fingerprint density at radius 2 is 1.58 bits per heavy atom. The van der Waals surface area contributed by atoms with Crippen LogP contribution in [0.5, 0.6) is 0 Å². The summed E-state index contributed by atoms with van der Waals surface area (Å²) in [6, 6.07) is 5.85. The number of benzene rings is 1. The third-order valence-corrected chi connectivity index (χ3v) is 4.70. The van der Waals surface area contributed by atoms with E-state index in [0.29, 0.717) is 5.92 Å². The predicted molar refractivity (Wildman–Crippen MR) is 67.9 cm³/mol. The van der Waals surface area contributed by atoms with Crippen LogP contribution in [0.4, 0.5) is 13.2 Å². The molecule has 1 aliphatic heterocycles. The summed E-state index contributed by atoms with van der Waals surface area (Å²) in [7, 11) is 0. The van der Waals surface area contributed by atoms with E-state index in [4.69, 9.17) is 0 Å². The number of hydrogen-bond donors (Lipinski definition) is 1. The van der Waals surface area contributed by atoms with Crippen molar-refractivity contribution >= 4 is 0 Å². The van der Waals surface area contributed by atoms with E-state index in [0.717, 1.165) is 44.3 Å². The summed E-state index contributed by atoms with van der Waals surface area (Å²) in [6.45, 7) is 2.07. The molecule has 1 aromatic carbocycles. The van der Waals surface area contributed by atoms with Gasteiger partial charge < -0.3 is 5.32 Å². The van der Waals surface area contributed by atoms with Crippen LogP contribution in [0.1, 0.15) is 36.8 Å². The van der Waals surface area contributed by atoms with Crippen LogP contribution < -0.4 is 5.32 Å². The zero-order valence-electron chi connectivity index (χ0n) is 10.8. The average Bonchev–Trinajstić information content (AvgIpc) is 3.20. The fourth-order valence-corrected chi connectivity index (χ4v) is 3.43. The lowest BCUT2D eigenvalue weighted by Crippen LogP contribution is -2.34. The van der Waals surface area contributed by atoms with Crippen LogP contribution >= 0.6 is 0 Å². The van der Waals surface area contributed by atoms with E-state index in [9.17, 15) is 13.2 Å². The smallest absolute Gasteiger partial charge is 0.317 e. The Morgan fingerprint density at radius 1 is 1.00 bits per heavy atom. The van der Waals surface area contributed by atoms with Gasteiger partial charge in [0.25, 0.3) is 0 Å². The maximum Gasteiger partial charge on any atom is 0.416 e. The Hall–Kier alpha value is -1.03. The van der Waals surface area contributed by atoms with Gasteiger partial charge in [0.05, 0.1) is 5.56 Å². The molecule has 0 atom stereocenters. The molecule has 1 heterocycles. The molecular weight excluding hydrogens is 251 g/mol. The van der Waals surface area contributed by atoms with Crippen LogP contribution in [0, 0.1) is 5.92 Å². The molecule has 1 nitrogen and oxygen atoms in total. The van der Waals surface area contributed by atoms with Crippen molar-refractivity contribution in [2.24, 2.45) is 5.92 Å². The lowest BCUT2D eigenvalue weighted by atomic mass is 9.77. The molecule has 0 unspecified atom stereocenters. The standard InChI is InChI=1S/C15H18F3N/c16-15(17,18)13-3-1-11(2-4-13)14(7-8-14)12-5-9-19-10-6-12/h1-4,12,19H,5-10H2. The molecule has 3 rings (SSSR count). The number of halogens is 3. The second-order valence-electron chi connectivity index (χ2n) is 5.76. The van der Waals surface area contributed by atoms with Crippen molar-refractivity contribution in [2.75, 3.05) is 13.1 Å².